The van der Waals surface area contributed by atoms with Crippen LogP contribution in [0.2, 0.25) is 0 Å². The first-order chi connectivity index (χ1) is 17.6. The lowest BCUT2D eigenvalue weighted by Gasteiger charge is -2.55. The number of nitro groups is 1. The molecule has 10 nitrogen and oxygen atoms in total. The van der Waals surface area contributed by atoms with Crippen molar-refractivity contribution < 1.29 is 28.0 Å². The highest BCUT2D eigenvalue weighted by Crippen LogP contribution is 2.51. The monoisotopic (exact) mass is 529 g/mol. The molecule has 1 aliphatic carbocycles. The average molecular weight is 530 g/mol. The summed E-state index contributed by atoms with van der Waals surface area (Å²) < 4.78 is 33.5. The minimum atomic E-state index is -3.91. The van der Waals surface area contributed by atoms with E-state index in [1.807, 2.05) is 24.3 Å². The molecule has 198 valence electrons. The summed E-state index contributed by atoms with van der Waals surface area (Å²) in [4.78, 5) is 25.4. The van der Waals surface area contributed by atoms with Gasteiger partial charge < -0.3 is 9.84 Å². The number of methoxy groups -OCH3 is 1. The van der Waals surface area contributed by atoms with Crippen molar-refractivity contribution in [2.45, 2.75) is 60.7 Å². The van der Waals surface area contributed by atoms with Crippen LogP contribution in [0.25, 0.3) is 0 Å². The van der Waals surface area contributed by atoms with Crippen LogP contribution in [0.1, 0.15) is 31.2 Å². The van der Waals surface area contributed by atoms with Crippen molar-refractivity contribution in [3.05, 3.63) is 64.2 Å². The van der Waals surface area contributed by atoms with Crippen molar-refractivity contribution in [2.75, 3.05) is 20.7 Å². The molecule has 2 bridgehead atoms. The standard InChI is InChI=1S/C26H31N3O7S/c1-27(37(34,35)21-9-5-18(6-10-21)29(32)33)19-14-26-12-11-24(30)22(15-26)25(31)23(28(26)16-19)13-17-3-7-20(36-2)8-4-17/h3-10,19,22-23,25,31H,11-16H2,1-2H3/t19-,22-,23-,25-,26+/m0/s1. The predicted octanol–water partition coefficient (Wildman–Crippen LogP) is 2.39. The van der Waals surface area contributed by atoms with E-state index in [2.05, 4.69) is 4.90 Å². The van der Waals surface area contributed by atoms with E-state index in [4.69, 9.17) is 4.74 Å². The number of rotatable bonds is 7. The summed E-state index contributed by atoms with van der Waals surface area (Å²) in [6, 6.07) is 11.8. The number of carbonyl (C=O) groups is 1. The molecular formula is C26H31N3O7S. The smallest absolute Gasteiger partial charge is 0.269 e. The van der Waals surface area contributed by atoms with Gasteiger partial charge in [0.15, 0.2) is 0 Å². The van der Waals surface area contributed by atoms with Crippen molar-refractivity contribution in [2.24, 2.45) is 5.92 Å². The Labute approximate surface area is 216 Å². The Morgan fingerprint density at radius 1 is 1.16 bits per heavy atom. The van der Waals surface area contributed by atoms with Crippen LogP contribution < -0.4 is 4.74 Å². The van der Waals surface area contributed by atoms with Gasteiger partial charge in [0.25, 0.3) is 5.69 Å². The minimum Gasteiger partial charge on any atom is -0.497 e. The van der Waals surface area contributed by atoms with Gasteiger partial charge >= 0.3 is 0 Å². The van der Waals surface area contributed by atoms with Crippen molar-refractivity contribution in [1.29, 1.82) is 0 Å². The number of fused-ring (bicyclic) bond motifs is 1. The topological polar surface area (TPSA) is 130 Å². The number of sulfonamides is 1. The first kappa shape index (κ1) is 25.8. The molecular weight excluding hydrogens is 498 g/mol. The third kappa shape index (κ3) is 4.43. The van der Waals surface area contributed by atoms with E-state index in [0.29, 0.717) is 38.6 Å². The Balaban J connectivity index is 1.43. The fraction of sp³-hybridized carbons (Fsp3) is 0.500. The number of aliphatic hydroxyl groups is 1. The molecule has 2 aromatic carbocycles. The number of nitrogens with zero attached hydrogens (tertiary/aromatic N) is 3. The number of nitro benzene ring substituents is 1. The van der Waals surface area contributed by atoms with Gasteiger partial charge in [-0.25, -0.2) is 8.42 Å². The molecule has 1 spiro atoms. The second kappa shape index (κ2) is 9.46. The SMILES string of the molecule is COc1ccc(C[C@H]2[C@@H](O)[C@H]3C[C@@]4(CCC3=O)C[C@H](N(C)S(=O)(=O)c3ccc([N+](=O)[O-])cc3)CN24)cc1. The zero-order valence-electron chi connectivity index (χ0n) is 20.8. The molecule has 5 rings (SSSR count). The summed E-state index contributed by atoms with van der Waals surface area (Å²) >= 11 is 0. The molecule has 3 aliphatic rings. The number of likely N-dealkylation sites (N-methyl/N-ethyl adjacent to an activating group) is 1. The van der Waals surface area contributed by atoms with Crippen LogP contribution >= 0.6 is 0 Å². The maximum absolute atomic E-state index is 13.4. The Hall–Kier alpha value is -2.86. The summed E-state index contributed by atoms with van der Waals surface area (Å²) in [5.41, 5.74) is 0.466. The van der Waals surface area contributed by atoms with E-state index in [-0.39, 0.29) is 34.0 Å². The third-order valence-electron chi connectivity index (χ3n) is 8.53. The van der Waals surface area contributed by atoms with E-state index < -0.39 is 27.0 Å². The highest BCUT2D eigenvalue weighted by Gasteiger charge is 2.60. The molecule has 37 heavy (non-hydrogen) atoms. The third-order valence-corrected chi connectivity index (χ3v) is 10.5. The van der Waals surface area contributed by atoms with Crippen LogP contribution in [0.5, 0.6) is 5.75 Å². The second-order valence-electron chi connectivity index (χ2n) is 10.4. The first-order valence-electron chi connectivity index (χ1n) is 12.4. The molecule has 3 fully saturated rings. The molecule has 0 radical (unpaired) electrons. The molecule has 1 N–H and O–H groups in total. The fourth-order valence-electron chi connectivity index (χ4n) is 6.48. The number of Topliss-reactive ketones (excluding diaryl/α,β-unsaturated/α-hetero) is 1. The Kier molecular flexibility index (Phi) is 6.59. The van der Waals surface area contributed by atoms with Gasteiger partial charge in [-0.1, -0.05) is 12.1 Å². The Bertz CT molecular complexity index is 1300. The van der Waals surface area contributed by atoms with Crippen molar-refractivity contribution >= 4 is 21.5 Å². The molecule has 0 unspecified atom stereocenters. The normalized spacial score (nSPS) is 29.8. The van der Waals surface area contributed by atoms with Crippen LogP contribution in [0.3, 0.4) is 0 Å². The molecule has 2 heterocycles. The van der Waals surface area contributed by atoms with Gasteiger partial charge in [-0.05, 0) is 55.5 Å². The molecule has 1 saturated carbocycles. The second-order valence-corrected chi connectivity index (χ2v) is 12.4. The predicted molar refractivity (Wildman–Crippen MR) is 135 cm³/mol. The van der Waals surface area contributed by atoms with Crippen LogP contribution in [-0.2, 0) is 21.2 Å². The number of non-ortho nitro benzene ring substituents is 1. The number of piperidine rings is 1. The van der Waals surface area contributed by atoms with Gasteiger partial charge in [0.1, 0.15) is 11.5 Å². The Morgan fingerprint density at radius 3 is 2.46 bits per heavy atom. The Morgan fingerprint density at radius 2 is 1.84 bits per heavy atom. The zero-order chi connectivity index (χ0) is 26.5. The molecule has 2 aliphatic heterocycles. The van der Waals surface area contributed by atoms with E-state index in [0.717, 1.165) is 11.3 Å². The van der Waals surface area contributed by atoms with Crippen LogP contribution in [0, 0.1) is 16.0 Å². The lowest BCUT2D eigenvalue weighted by Crippen LogP contribution is -2.65. The minimum absolute atomic E-state index is 0.00510. The van der Waals surface area contributed by atoms with Gasteiger partial charge in [-0.3, -0.25) is 19.8 Å². The van der Waals surface area contributed by atoms with Crippen molar-refractivity contribution in [1.82, 2.24) is 9.21 Å². The number of carbonyl (C=O) groups excluding carboxylic acids is 1. The first-order valence-corrected chi connectivity index (χ1v) is 13.8. The lowest BCUT2D eigenvalue weighted by molar-refractivity contribution is -0.384. The summed E-state index contributed by atoms with van der Waals surface area (Å²) in [5, 5.41) is 22.3. The average Bonchev–Trinajstić information content (AvgIpc) is 3.27. The van der Waals surface area contributed by atoms with Gasteiger partial charge in [0, 0.05) is 55.7 Å². The quantitative estimate of drug-likeness (QED) is 0.427. The van der Waals surface area contributed by atoms with Crippen molar-refractivity contribution in [3.8, 4) is 5.75 Å². The van der Waals surface area contributed by atoms with Gasteiger partial charge in [0.2, 0.25) is 10.0 Å². The summed E-state index contributed by atoms with van der Waals surface area (Å²) in [6.45, 7) is 0.432. The molecule has 5 atom stereocenters. The molecule has 2 aromatic rings. The van der Waals surface area contributed by atoms with Crippen molar-refractivity contribution in [3.63, 3.8) is 0 Å². The number of ether oxygens (including phenoxy) is 1. The molecule has 11 heteroatoms. The summed E-state index contributed by atoms with van der Waals surface area (Å²) in [6.07, 6.45) is 1.79. The van der Waals surface area contributed by atoms with Crippen LogP contribution in [-0.4, -0.2) is 77.9 Å². The van der Waals surface area contributed by atoms with E-state index >= 15 is 0 Å². The zero-order valence-corrected chi connectivity index (χ0v) is 21.6. The number of hydrogen-bond acceptors (Lipinski definition) is 8. The summed E-state index contributed by atoms with van der Waals surface area (Å²) in [5.74, 6) is 0.354. The largest absolute Gasteiger partial charge is 0.497 e. The van der Waals surface area contributed by atoms with E-state index in [1.165, 1.54) is 35.6 Å². The van der Waals surface area contributed by atoms with E-state index in [9.17, 15) is 28.4 Å². The van der Waals surface area contributed by atoms with Gasteiger partial charge in [0.05, 0.1) is 23.0 Å². The molecule has 0 amide bonds. The lowest BCUT2D eigenvalue weighted by atomic mass is 9.66. The number of ketones is 1. The number of benzene rings is 2. The number of hydrogen-bond donors (Lipinski definition) is 1. The maximum atomic E-state index is 13.4. The van der Waals surface area contributed by atoms with Gasteiger partial charge in [-0.2, -0.15) is 4.31 Å². The highest BCUT2D eigenvalue weighted by atomic mass is 32.2. The fourth-order valence-corrected chi connectivity index (χ4v) is 7.83. The van der Waals surface area contributed by atoms with Gasteiger partial charge in [-0.15, -0.1) is 0 Å². The van der Waals surface area contributed by atoms with Crippen LogP contribution in [0.15, 0.2) is 53.4 Å². The van der Waals surface area contributed by atoms with Crippen LogP contribution in [0.4, 0.5) is 5.69 Å². The summed E-state index contributed by atoms with van der Waals surface area (Å²) in [7, 11) is -0.768. The maximum Gasteiger partial charge on any atom is 0.269 e. The highest BCUT2D eigenvalue weighted by molar-refractivity contribution is 7.89. The number of aliphatic hydroxyl groups excluding tert-OH is 1. The van der Waals surface area contributed by atoms with E-state index in [1.54, 1.807) is 7.11 Å². The molecule has 0 aromatic heterocycles. The molecule has 2 saturated heterocycles.